The van der Waals surface area contributed by atoms with E-state index in [1.165, 1.54) is 10.9 Å². The third-order valence-corrected chi connectivity index (χ3v) is 5.92. The highest BCUT2D eigenvalue weighted by atomic mass is 32.1. The SMILES string of the molecule is CCN1CCc2nc(NC(=O)C3CC3c3ccccc3F)sc2C1. The van der Waals surface area contributed by atoms with Gasteiger partial charge < -0.3 is 5.32 Å². The van der Waals surface area contributed by atoms with Crippen molar-refractivity contribution < 1.29 is 9.18 Å². The van der Waals surface area contributed by atoms with Gasteiger partial charge in [0.15, 0.2) is 5.13 Å². The molecule has 4 nitrogen and oxygen atoms in total. The molecule has 1 aromatic carbocycles. The van der Waals surface area contributed by atoms with Crippen LogP contribution in [0, 0.1) is 11.7 Å². The van der Waals surface area contributed by atoms with E-state index in [2.05, 4.69) is 22.1 Å². The van der Waals surface area contributed by atoms with Crippen LogP contribution in [0.2, 0.25) is 0 Å². The smallest absolute Gasteiger partial charge is 0.229 e. The van der Waals surface area contributed by atoms with Crippen LogP contribution in [-0.2, 0) is 17.8 Å². The highest BCUT2D eigenvalue weighted by Crippen LogP contribution is 2.48. The lowest BCUT2D eigenvalue weighted by molar-refractivity contribution is -0.117. The Morgan fingerprint density at radius 3 is 3.08 bits per heavy atom. The Balaban J connectivity index is 1.41. The Bertz CT molecular complexity index is 775. The molecule has 4 rings (SSSR count). The molecule has 1 aliphatic heterocycles. The monoisotopic (exact) mass is 345 g/mol. The summed E-state index contributed by atoms with van der Waals surface area (Å²) in [6, 6.07) is 6.72. The number of benzene rings is 1. The van der Waals surface area contributed by atoms with Crippen LogP contribution in [0.25, 0.3) is 0 Å². The number of thiazole rings is 1. The number of fused-ring (bicyclic) bond motifs is 1. The van der Waals surface area contributed by atoms with Crippen molar-refractivity contribution in [2.24, 2.45) is 5.92 Å². The van der Waals surface area contributed by atoms with Gasteiger partial charge in [0.05, 0.1) is 5.69 Å². The number of hydrogen-bond donors (Lipinski definition) is 1. The summed E-state index contributed by atoms with van der Waals surface area (Å²) in [5, 5.41) is 3.62. The van der Waals surface area contributed by atoms with Crippen LogP contribution in [0.5, 0.6) is 0 Å². The minimum absolute atomic E-state index is 0.00336. The first-order valence-corrected chi connectivity index (χ1v) is 9.23. The molecular formula is C18H20FN3OS. The molecular weight excluding hydrogens is 325 g/mol. The number of nitrogens with one attached hydrogen (secondary N) is 1. The highest BCUT2D eigenvalue weighted by molar-refractivity contribution is 7.15. The highest BCUT2D eigenvalue weighted by Gasteiger charge is 2.45. The standard InChI is InChI=1S/C18H20FN3OS/c1-2-22-8-7-15-16(10-22)24-18(20-15)21-17(23)13-9-12(13)11-5-3-4-6-14(11)19/h3-6,12-13H,2,7-10H2,1H3,(H,20,21,23). The predicted molar refractivity (Wildman–Crippen MR) is 92.6 cm³/mol. The van der Waals surface area contributed by atoms with Crippen molar-refractivity contribution in [3.8, 4) is 0 Å². The van der Waals surface area contributed by atoms with E-state index in [9.17, 15) is 9.18 Å². The zero-order valence-electron chi connectivity index (χ0n) is 13.6. The molecule has 1 saturated carbocycles. The van der Waals surface area contributed by atoms with Gasteiger partial charge >= 0.3 is 0 Å². The molecule has 2 aliphatic rings. The van der Waals surface area contributed by atoms with Gasteiger partial charge in [0.1, 0.15) is 5.82 Å². The Morgan fingerprint density at radius 2 is 2.29 bits per heavy atom. The first-order valence-electron chi connectivity index (χ1n) is 8.42. The topological polar surface area (TPSA) is 45.2 Å². The second-order valence-electron chi connectivity index (χ2n) is 6.47. The molecule has 2 atom stereocenters. The van der Waals surface area contributed by atoms with Crippen molar-refractivity contribution >= 4 is 22.4 Å². The van der Waals surface area contributed by atoms with E-state index in [1.54, 1.807) is 23.5 Å². The minimum atomic E-state index is -0.220. The summed E-state index contributed by atoms with van der Waals surface area (Å²) in [4.78, 5) is 20.6. The van der Waals surface area contributed by atoms with Crippen LogP contribution < -0.4 is 5.32 Å². The summed E-state index contributed by atoms with van der Waals surface area (Å²) < 4.78 is 13.8. The zero-order valence-corrected chi connectivity index (χ0v) is 14.4. The molecule has 1 aliphatic carbocycles. The van der Waals surface area contributed by atoms with Crippen molar-refractivity contribution in [3.05, 3.63) is 46.2 Å². The normalized spacial score (nSPS) is 22.9. The largest absolute Gasteiger partial charge is 0.302 e. The number of rotatable bonds is 4. The Kier molecular flexibility index (Phi) is 4.10. The lowest BCUT2D eigenvalue weighted by Crippen LogP contribution is -2.29. The third-order valence-electron chi connectivity index (χ3n) is 4.92. The third kappa shape index (κ3) is 2.96. The first kappa shape index (κ1) is 15.7. The molecule has 0 bridgehead atoms. The van der Waals surface area contributed by atoms with E-state index < -0.39 is 0 Å². The maximum atomic E-state index is 13.8. The quantitative estimate of drug-likeness (QED) is 0.924. The number of nitrogens with zero attached hydrogens (tertiary/aromatic N) is 2. The van der Waals surface area contributed by atoms with Crippen molar-refractivity contribution in [3.63, 3.8) is 0 Å². The van der Waals surface area contributed by atoms with Gasteiger partial charge in [0.2, 0.25) is 5.91 Å². The van der Waals surface area contributed by atoms with E-state index in [0.29, 0.717) is 17.1 Å². The molecule has 1 N–H and O–H groups in total. The number of likely N-dealkylation sites (N-methyl/N-ethyl adjacent to an activating group) is 1. The molecule has 0 saturated heterocycles. The van der Waals surface area contributed by atoms with Gasteiger partial charge in [-0.25, -0.2) is 9.37 Å². The summed E-state index contributed by atoms with van der Waals surface area (Å²) in [6.45, 7) is 5.13. The average molecular weight is 345 g/mol. The number of carbonyl (C=O) groups excluding carboxylic acids is 1. The van der Waals surface area contributed by atoms with E-state index in [0.717, 1.165) is 31.7 Å². The van der Waals surface area contributed by atoms with E-state index >= 15 is 0 Å². The fraction of sp³-hybridized carbons (Fsp3) is 0.444. The molecule has 2 heterocycles. The molecule has 2 aromatic rings. The van der Waals surface area contributed by atoms with Crippen LogP contribution in [0.15, 0.2) is 24.3 Å². The van der Waals surface area contributed by atoms with Crippen LogP contribution >= 0.6 is 11.3 Å². The minimum Gasteiger partial charge on any atom is -0.302 e. The number of carbonyl (C=O) groups is 1. The maximum Gasteiger partial charge on any atom is 0.229 e. The molecule has 1 aromatic heterocycles. The van der Waals surface area contributed by atoms with E-state index in [-0.39, 0.29) is 23.6 Å². The van der Waals surface area contributed by atoms with Gasteiger partial charge in [-0.1, -0.05) is 25.1 Å². The van der Waals surface area contributed by atoms with Crippen molar-refractivity contribution in [2.75, 3.05) is 18.4 Å². The summed E-state index contributed by atoms with van der Waals surface area (Å²) in [5.74, 6) is -0.407. The summed E-state index contributed by atoms with van der Waals surface area (Å²) in [5.41, 5.74) is 1.76. The summed E-state index contributed by atoms with van der Waals surface area (Å²) in [6.07, 6.45) is 1.65. The summed E-state index contributed by atoms with van der Waals surface area (Å²) in [7, 11) is 0. The fourth-order valence-electron chi connectivity index (χ4n) is 3.37. The molecule has 1 amide bonds. The van der Waals surface area contributed by atoms with Crippen molar-refractivity contribution in [1.82, 2.24) is 9.88 Å². The van der Waals surface area contributed by atoms with Gasteiger partial charge in [-0.05, 0) is 30.5 Å². The summed E-state index contributed by atoms with van der Waals surface area (Å²) >= 11 is 1.57. The second kappa shape index (κ2) is 6.26. The lowest BCUT2D eigenvalue weighted by atomic mass is 10.1. The Labute approximate surface area is 144 Å². The molecule has 0 spiro atoms. The second-order valence-corrected chi connectivity index (χ2v) is 7.55. The number of amides is 1. The number of halogens is 1. The van der Waals surface area contributed by atoms with Gasteiger partial charge in [0.25, 0.3) is 0 Å². The van der Waals surface area contributed by atoms with Crippen LogP contribution in [0.4, 0.5) is 9.52 Å². The van der Waals surface area contributed by atoms with Gasteiger partial charge in [0, 0.05) is 30.3 Å². The average Bonchev–Trinajstić information content (AvgIpc) is 3.28. The van der Waals surface area contributed by atoms with Gasteiger partial charge in [-0.15, -0.1) is 11.3 Å². The van der Waals surface area contributed by atoms with Crippen LogP contribution in [0.1, 0.15) is 35.4 Å². The number of anilines is 1. The predicted octanol–water partition coefficient (Wildman–Crippen LogP) is 3.40. The molecule has 0 radical (unpaired) electrons. The first-order chi connectivity index (χ1) is 11.7. The van der Waals surface area contributed by atoms with Crippen LogP contribution in [0.3, 0.4) is 0 Å². The molecule has 1 fully saturated rings. The number of hydrogen-bond acceptors (Lipinski definition) is 4. The van der Waals surface area contributed by atoms with E-state index in [1.807, 2.05) is 6.07 Å². The van der Waals surface area contributed by atoms with Crippen molar-refractivity contribution in [1.29, 1.82) is 0 Å². The number of aromatic nitrogens is 1. The van der Waals surface area contributed by atoms with Gasteiger partial charge in [-0.2, -0.15) is 0 Å². The zero-order chi connectivity index (χ0) is 16.7. The van der Waals surface area contributed by atoms with Crippen molar-refractivity contribution in [2.45, 2.75) is 32.2 Å². The molecule has 126 valence electrons. The van der Waals surface area contributed by atoms with E-state index in [4.69, 9.17) is 0 Å². The Morgan fingerprint density at radius 1 is 1.46 bits per heavy atom. The van der Waals surface area contributed by atoms with Gasteiger partial charge in [-0.3, -0.25) is 9.69 Å². The molecule has 2 unspecified atom stereocenters. The molecule has 24 heavy (non-hydrogen) atoms. The fourth-order valence-corrected chi connectivity index (χ4v) is 4.43. The Hall–Kier alpha value is -1.79. The lowest BCUT2D eigenvalue weighted by Gasteiger charge is -2.23. The molecule has 6 heteroatoms. The van der Waals surface area contributed by atoms with Crippen LogP contribution in [-0.4, -0.2) is 28.9 Å². The maximum absolute atomic E-state index is 13.8.